The Bertz CT molecular complexity index is 1820. The number of benzene rings is 5. The van der Waals surface area contributed by atoms with Crippen molar-refractivity contribution in [3.63, 3.8) is 0 Å². The fraction of sp³-hybridized carbons (Fsp3) is 0.0732. The highest BCUT2D eigenvalue weighted by molar-refractivity contribution is 5.92. The van der Waals surface area contributed by atoms with Crippen LogP contribution in [0.2, 0.25) is 0 Å². The summed E-state index contributed by atoms with van der Waals surface area (Å²) < 4.78 is 10.4. The van der Waals surface area contributed by atoms with Gasteiger partial charge in [-0.05, 0) is 89.4 Å². The topological polar surface area (TPSA) is 55.8 Å². The number of hydrogen-bond acceptors (Lipinski definition) is 5. The van der Waals surface area contributed by atoms with Crippen LogP contribution in [-0.2, 0) is 20.7 Å². The van der Waals surface area contributed by atoms with Gasteiger partial charge in [0.25, 0.3) is 0 Å². The Hall–Kier alpha value is -5.94. The van der Waals surface area contributed by atoms with Gasteiger partial charge in [0.05, 0.1) is 6.61 Å². The van der Waals surface area contributed by atoms with Gasteiger partial charge in [-0.25, -0.2) is 9.59 Å². The van der Waals surface area contributed by atoms with Crippen molar-refractivity contribution in [2.75, 3.05) is 11.5 Å². The zero-order chi connectivity index (χ0) is 32.3. The third kappa shape index (κ3) is 8.16. The van der Waals surface area contributed by atoms with E-state index in [1.807, 2.05) is 30.3 Å². The zero-order valence-electron chi connectivity index (χ0n) is 25.8. The second kappa shape index (κ2) is 15.2. The van der Waals surface area contributed by atoms with Crippen LogP contribution in [0.15, 0.2) is 153 Å². The third-order valence-corrected chi connectivity index (χ3v) is 7.39. The highest BCUT2D eigenvalue weighted by Gasteiger charge is 2.13. The molecule has 5 heteroatoms. The highest BCUT2D eigenvalue weighted by atomic mass is 16.5. The van der Waals surface area contributed by atoms with Crippen molar-refractivity contribution in [2.45, 2.75) is 13.3 Å². The Morgan fingerprint density at radius 3 is 1.78 bits per heavy atom. The van der Waals surface area contributed by atoms with E-state index >= 15 is 0 Å². The molecule has 0 spiro atoms. The Kier molecular flexibility index (Phi) is 10.4. The molecule has 5 nitrogen and oxygen atoms in total. The summed E-state index contributed by atoms with van der Waals surface area (Å²) in [5.74, 6) is -0.444. The van der Waals surface area contributed by atoms with Gasteiger partial charge in [0.2, 0.25) is 0 Å². The van der Waals surface area contributed by atoms with Crippen LogP contribution < -0.4 is 9.64 Å². The molecule has 0 unspecified atom stereocenters. The first-order chi connectivity index (χ1) is 22.4. The van der Waals surface area contributed by atoms with Crippen molar-refractivity contribution in [1.82, 2.24) is 0 Å². The van der Waals surface area contributed by atoms with Gasteiger partial charge in [0, 0.05) is 35.6 Å². The Labute approximate surface area is 270 Å². The predicted molar refractivity (Wildman–Crippen MR) is 186 cm³/mol. The Morgan fingerprint density at radius 1 is 0.652 bits per heavy atom. The van der Waals surface area contributed by atoms with Crippen LogP contribution in [-0.4, -0.2) is 18.5 Å². The Morgan fingerprint density at radius 2 is 1.20 bits per heavy atom. The first-order valence-electron chi connectivity index (χ1n) is 15.0. The molecule has 5 aromatic carbocycles. The van der Waals surface area contributed by atoms with Crippen molar-refractivity contribution >= 4 is 40.6 Å². The first-order valence-corrected chi connectivity index (χ1v) is 15.0. The van der Waals surface area contributed by atoms with Gasteiger partial charge in [-0.15, -0.1) is 0 Å². The molecule has 0 heterocycles. The highest BCUT2D eigenvalue weighted by Crippen LogP contribution is 2.36. The summed E-state index contributed by atoms with van der Waals surface area (Å²) >= 11 is 0. The molecule has 0 aliphatic carbocycles. The van der Waals surface area contributed by atoms with Crippen LogP contribution in [0.4, 0.5) is 17.1 Å². The summed E-state index contributed by atoms with van der Waals surface area (Å²) in [6.07, 6.45) is 5.11. The first kappa shape index (κ1) is 31.5. The van der Waals surface area contributed by atoms with Crippen molar-refractivity contribution < 1.29 is 19.1 Å². The molecule has 5 aromatic rings. The smallest absolute Gasteiger partial charge is 0.335 e. The van der Waals surface area contributed by atoms with E-state index < -0.39 is 11.9 Å². The number of anilines is 3. The lowest BCUT2D eigenvalue weighted by molar-refractivity contribution is -0.137. The molecule has 228 valence electrons. The standard InChI is InChI=1S/C41H35NO4/c1-4-40(43)45-28-27-31-13-21-36(22-14-31)42(35-19-11-30(3)12-20-35)37-23-15-32(16-24-37)29-39(33-9-7-6-8-10-33)34-17-25-38(26-18-34)46-41(44)5-2/h4-26,29H,1-2,27-28H2,3H3. The fourth-order valence-corrected chi connectivity index (χ4v) is 4.98. The average molecular weight is 606 g/mol. The van der Waals surface area contributed by atoms with Crippen molar-refractivity contribution in [3.05, 3.63) is 181 Å². The van der Waals surface area contributed by atoms with E-state index in [2.05, 4.69) is 116 Å². The predicted octanol–water partition coefficient (Wildman–Crippen LogP) is 9.42. The number of ether oxygens (including phenoxy) is 2. The van der Waals surface area contributed by atoms with Gasteiger partial charge in [0.15, 0.2) is 0 Å². The van der Waals surface area contributed by atoms with Gasteiger partial charge in [-0.3, -0.25) is 0 Å². The number of carbonyl (C=O) groups excluding carboxylic acids is 2. The zero-order valence-corrected chi connectivity index (χ0v) is 25.8. The second-order valence-corrected chi connectivity index (χ2v) is 10.6. The van der Waals surface area contributed by atoms with E-state index in [1.54, 1.807) is 12.1 Å². The minimum absolute atomic E-state index is 0.304. The molecule has 0 amide bonds. The summed E-state index contributed by atoms with van der Waals surface area (Å²) in [7, 11) is 0. The molecule has 46 heavy (non-hydrogen) atoms. The van der Waals surface area contributed by atoms with Gasteiger partial charge >= 0.3 is 11.9 Å². The monoisotopic (exact) mass is 605 g/mol. The van der Waals surface area contributed by atoms with Gasteiger partial charge < -0.3 is 14.4 Å². The summed E-state index contributed by atoms with van der Waals surface area (Å²) in [5, 5.41) is 0. The number of esters is 2. The molecular weight excluding hydrogens is 570 g/mol. The van der Waals surface area contributed by atoms with Crippen LogP contribution >= 0.6 is 0 Å². The van der Waals surface area contributed by atoms with E-state index in [9.17, 15) is 9.59 Å². The lowest BCUT2D eigenvalue weighted by Gasteiger charge is -2.26. The molecule has 0 saturated heterocycles. The maximum atomic E-state index is 11.6. The molecule has 0 atom stereocenters. The van der Waals surface area contributed by atoms with Crippen LogP contribution in [0, 0.1) is 6.92 Å². The minimum atomic E-state index is -0.492. The maximum absolute atomic E-state index is 11.6. The number of aryl methyl sites for hydroxylation is 1. The molecule has 0 radical (unpaired) electrons. The van der Waals surface area contributed by atoms with Crippen LogP contribution in [0.3, 0.4) is 0 Å². The van der Waals surface area contributed by atoms with Crippen LogP contribution in [0.5, 0.6) is 5.75 Å². The summed E-state index contributed by atoms with van der Waals surface area (Å²) in [5.41, 5.74) is 9.49. The molecule has 0 fully saturated rings. The molecule has 5 rings (SSSR count). The van der Waals surface area contributed by atoms with E-state index in [4.69, 9.17) is 9.47 Å². The molecule has 0 saturated carbocycles. The van der Waals surface area contributed by atoms with E-state index in [1.165, 1.54) is 11.6 Å². The van der Waals surface area contributed by atoms with E-state index in [-0.39, 0.29) is 0 Å². The van der Waals surface area contributed by atoms with E-state index in [0.29, 0.717) is 18.8 Å². The average Bonchev–Trinajstić information content (AvgIpc) is 3.10. The lowest BCUT2D eigenvalue weighted by Crippen LogP contribution is -2.10. The normalized spacial score (nSPS) is 10.9. The number of nitrogens with zero attached hydrogens (tertiary/aromatic N) is 1. The molecule has 0 aromatic heterocycles. The largest absolute Gasteiger partial charge is 0.462 e. The van der Waals surface area contributed by atoms with Crippen LogP contribution in [0.25, 0.3) is 11.6 Å². The van der Waals surface area contributed by atoms with Crippen LogP contribution in [0.1, 0.15) is 27.8 Å². The second-order valence-electron chi connectivity index (χ2n) is 10.6. The lowest BCUT2D eigenvalue weighted by atomic mass is 9.95. The molecule has 0 aliphatic heterocycles. The molecule has 0 bridgehead atoms. The van der Waals surface area contributed by atoms with Gasteiger partial charge in [-0.1, -0.05) is 97.6 Å². The molecule has 0 aliphatic rings. The fourth-order valence-electron chi connectivity index (χ4n) is 4.98. The Balaban J connectivity index is 1.45. The molecule has 0 N–H and O–H groups in total. The van der Waals surface area contributed by atoms with Crippen molar-refractivity contribution in [1.29, 1.82) is 0 Å². The number of carbonyl (C=O) groups is 2. The minimum Gasteiger partial charge on any atom is -0.462 e. The maximum Gasteiger partial charge on any atom is 0.335 e. The summed E-state index contributed by atoms with van der Waals surface area (Å²) in [4.78, 5) is 25.3. The third-order valence-electron chi connectivity index (χ3n) is 7.39. The summed E-state index contributed by atoms with van der Waals surface area (Å²) in [6.45, 7) is 9.29. The summed E-state index contributed by atoms with van der Waals surface area (Å²) in [6, 6.07) is 42.9. The number of rotatable bonds is 12. The van der Waals surface area contributed by atoms with Gasteiger partial charge in [-0.2, -0.15) is 0 Å². The number of hydrogen-bond donors (Lipinski definition) is 0. The SMILES string of the molecule is C=CC(=O)OCCc1ccc(N(c2ccc(C)cc2)c2ccc(C=C(c3ccccc3)c3ccc(OC(=O)C=C)cc3)cc2)cc1. The quantitative estimate of drug-likeness (QED) is 0.0614. The van der Waals surface area contributed by atoms with E-state index in [0.717, 1.165) is 51.0 Å². The van der Waals surface area contributed by atoms with Gasteiger partial charge in [0.1, 0.15) is 5.75 Å². The van der Waals surface area contributed by atoms with Crippen molar-refractivity contribution in [3.8, 4) is 5.75 Å². The molecular formula is C41H35NO4. The van der Waals surface area contributed by atoms with Crippen molar-refractivity contribution in [2.24, 2.45) is 0 Å².